The minimum Gasteiger partial charge on any atom is -0.497 e. The molecule has 1 amide bonds. The van der Waals surface area contributed by atoms with Crippen molar-refractivity contribution in [2.45, 2.75) is 25.3 Å². The minimum absolute atomic E-state index is 0.242. The number of aliphatic carboxylic acids is 1. The Balaban J connectivity index is 1.75. The van der Waals surface area contributed by atoms with Crippen molar-refractivity contribution in [3.63, 3.8) is 0 Å². The van der Waals surface area contributed by atoms with Crippen LogP contribution in [0, 0.1) is 0 Å². The third-order valence-corrected chi connectivity index (χ3v) is 4.86. The maximum absolute atomic E-state index is 12.7. The van der Waals surface area contributed by atoms with Gasteiger partial charge in [0.25, 0.3) is 0 Å². The number of amides is 1. The Morgan fingerprint density at radius 2 is 1.68 bits per heavy atom. The van der Waals surface area contributed by atoms with E-state index in [2.05, 4.69) is 5.32 Å². The molecule has 0 aliphatic rings. The average Bonchev–Trinajstić information content (AvgIpc) is 2.72. The molecule has 28 heavy (non-hydrogen) atoms. The maximum Gasteiger partial charge on any atom is 0.326 e. The molecule has 3 rings (SSSR count). The lowest BCUT2D eigenvalue weighted by Crippen LogP contribution is -2.44. The Morgan fingerprint density at radius 3 is 2.36 bits per heavy atom. The van der Waals surface area contributed by atoms with E-state index >= 15 is 0 Å². The Hall–Kier alpha value is -3.34. The predicted octanol–water partition coefficient (Wildman–Crippen LogP) is 3.76. The number of fused-ring (bicyclic) bond motifs is 1. The molecule has 2 N–H and O–H groups in total. The number of hydrogen-bond acceptors (Lipinski definition) is 3. The van der Waals surface area contributed by atoms with Gasteiger partial charge in [0.15, 0.2) is 0 Å². The Labute approximate surface area is 164 Å². The number of hydrogen-bond donors (Lipinski definition) is 2. The van der Waals surface area contributed by atoms with Gasteiger partial charge in [-0.3, -0.25) is 4.79 Å². The number of carboxylic acids is 1. The molecule has 3 aromatic rings. The molecule has 0 bridgehead atoms. The molecular formula is C23H23NO4. The molecule has 3 aromatic carbocycles. The van der Waals surface area contributed by atoms with Crippen molar-refractivity contribution in [1.29, 1.82) is 0 Å². The molecule has 0 aliphatic heterocycles. The van der Waals surface area contributed by atoms with Gasteiger partial charge in [-0.25, -0.2) is 4.79 Å². The van der Waals surface area contributed by atoms with Gasteiger partial charge in [0.1, 0.15) is 11.8 Å². The van der Waals surface area contributed by atoms with Crippen LogP contribution in [0.1, 0.15) is 24.0 Å². The van der Waals surface area contributed by atoms with Crippen LogP contribution in [0.25, 0.3) is 10.8 Å². The van der Waals surface area contributed by atoms with Crippen LogP contribution in [0.3, 0.4) is 0 Å². The zero-order valence-electron chi connectivity index (χ0n) is 15.9. The number of carbonyl (C=O) groups is 2. The number of carboxylic acid groups (broad SMARTS) is 1. The van der Waals surface area contributed by atoms with Gasteiger partial charge in [-0.1, -0.05) is 54.6 Å². The zero-order chi connectivity index (χ0) is 20.1. The summed E-state index contributed by atoms with van der Waals surface area (Å²) in [5.74, 6) is -1.05. The second-order valence-electron chi connectivity index (χ2n) is 6.78. The van der Waals surface area contributed by atoms with Crippen LogP contribution in [0.2, 0.25) is 0 Å². The normalized spacial score (nSPS) is 12.9. The van der Waals surface area contributed by atoms with Gasteiger partial charge in [0.05, 0.1) is 13.0 Å². The number of methoxy groups -OCH3 is 1. The predicted molar refractivity (Wildman–Crippen MR) is 109 cm³/mol. The number of carbonyl (C=O) groups excluding carboxylic acids is 1. The Bertz CT molecular complexity index is 984. The van der Waals surface area contributed by atoms with Gasteiger partial charge >= 0.3 is 5.97 Å². The van der Waals surface area contributed by atoms with Crippen LogP contribution in [-0.4, -0.2) is 30.1 Å². The number of ether oxygens (including phenoxy) is 1. The van der Waals surface area contributed by atoms with Crippen LogP contribution in [0.4, 0.5) is 0 Å². The van der Waals surface area contributed by atoms with Gasteiger partial charge in [0, 0.05) is 6.42 Å². The zero-order valence-corrected chi connectivity index (χ0v) is 15.9. The fourth-order valence-corrected chi connectivity index (χ4v) is 3.14. The first kappa shape index (κ1) is 19.4. The topological polar surface area (TPSA) is 75.6 Å². The van der Waals surface area contributed by atoms with Crippen molar-refractivity contribution in [2.24, 2.45) is 0 Å². The third kappa shape index (κ3) is 4.49. The number of rotatable bonds is 7. The lowest BCUT2D eigenvalue weighted by Gasteiger charge is -2.18. The van der Waals surface area contributed by atoms with Gasteiger partial charge < -0.3 is 15.2 Å². The van der Waals surface area contributed by atoms with E-state index in [0.717, 1.165) is 27.6 Å². The van der Waals surface area contributed by atoms with E-state index in [1.54, 1.807) is 14.0 Å². The summed E-state index contributed by atoms with van der Waals surface area (Å²) in [6, 6.07) is 19.8. The summed E-state index contributed by atoms with van der Waals surface area (Å²) in [6.07, 6.45) is 0.242. The highest BCUT2D eigenvalue weighted by Crippen LogP contribution is 2.25. The lowest BCUT2D eigenvalue weighted by atomic mass is 9.96. The van der Waals surface area contributed by atoms with Crippen LogP contribution in [0.15, 0.2) is 66.7 Å². The summed E-state index contributed by atoms with van der Waals surface area (Å²) in [5, 5.41) is 14.2. The van der Waals surface area contributed by atoms with Gasteiger partial charge in [-0.15, -0.1) is 0 Å². The van der Waals surface area contributed by atoms with Crippen molar-refractivity contribution in [2.75, 3.05) is 7.11 Å². The maximum atomic E-state index is 12.7. The Morgan fingerprint density at radius 1 is 1.00 bits per heavy atom. The van der Waals surface area contributed by atoms with Crippen molar-refractivity contribution >= 4 is 22.6 Å². The highest BCUT2D eigenvalue weighted by atomic mass is 16.5. The standard InChI is InChI=1S/C23H23NO4/c1-15(17-8-9-19-14-20(28-2)11-10-18(19)13-17)22(25)24-21(23(26)27)12-16-6-4-3-5-7-16/h3-11,13-15,21H,12H2,1-2H3,(H,24,25)(H,26,27)/t15-,21+/m0/s1. The van der Waals surface area contributed by atoms with E-state index in [0.29, 0.717) is 0 Å². The summed E-state index contributed by atoms with van der Waals surface area (Å²) < 4.78 is 5.23. The van der Waals surface area contributed by atoms with Crippen LogP contribution in [0.5, 0.6) is 5.75 Å². The summed E-state index contributed by atoms with van der Waals surface area (Å²) in [5.41, 5.74) is 1.70. The van der Waals surface area contributed by atoms with Crippen molar-refractivity contribution in [3.05, 3.63) is 77.9 Å². The molecule has 2 atom stereocenters. The van der Waals surface area contributed by atoms with Crippen LogP contribution < -0.4 is 10.1 Å². The highest BCUT2D eigenvalue weighted by Gasteiger charge is 2.24. The molecule has 0 spiro atoms. The summed E-state index contributed by atoms with van der Waals surface area (Å²) in [4.78, 5) is 24.3. The molecule has 0 saturated carbocycles. The van der Waals surface area contributed by atoms with E-state index < -0.39 is 17.9 Å². The first-order valence-corrected chi connectivity index (χ1v) is 9.12. The molecule has 5 heteroatoms. The van der Waals surface area contributed by atoms with Gasteiger partial charge in [0.2, 0.25) is 5.91 Å². The van der Waals surface area contributed by atoms with Crippen molar-refractivity contribution < 1.29 is 19.4 Å². The monoisotopic (exact) mass is 377 g/mol. The second-order valence-corrected chi connectivity index (χ2v) is 6.78. The lowest BCUT2D eigenvalue weighted by molar-refractivity contribution is -0.141. The molecular weight excluding hydrogens is 354 g/mol. The van der Waals surface area contributed by atoms with E-state index in [-0.39, 0.29) is 12.3 Å². The molecule has 0 saturated heterocycles. The first-order valence-electron chi connectivity index (χ1n) is 9.12. The largest absolute Gasteiger partial charge is 0.497 e. The van der Waals surface area contributed by atoms with E-state index in [9.17, 15) is 14.7 Å². The van der Waals surface area contributed by atoms with Crippen molar-refractivity contribution in [3.8, 4) is 5.75 Å². The van der Waals surface area contributed by atoms with Gasteiger partial charge in [-0.05, 0) is 41.0 Å². The summed E-state index contributed by atoms with van der Waals surface area (Å²) in [6.45, 7) is 1.78. The summed E-state index contributed by atoms with van der Waals surface area (Å²) >= 11 is 0. The first-order chi connectivity index (χ1) is 13.5. The van der Waals surface area contributed by atoms with Crippen molar-refractivity contribution in [1.82, 2.24) is 5.32 Å². The average molecular weight is 377 g/mol. The molecule has 0 radical (unpaired) electrons. The fourth-order valence-electron chi connectivity index (χ4n) is 3.14. The molecule has 0 heterocycles. The number of nitrogens with one attached hydrogen (secondary N) is 1. The molecule has 5 nitrogen and oxygen atoms in total. The quantitative estimate of drug-likeness (QED) is 0.657. The van der Waals surface area contributed by atoms with Crippen LogP contribution >= 0.6 is 0 Å². The highest BCUT2D eigenvalue weighted by molar-refractivity contribution is 5.90. The summed E-state index contributed by atoms with van der Waals surface area (Å²) in [7, 11) is 1.62. The molecule has 0 fully saturated rings. The molecule has 0 unspecified atom stereocenters. The van der Waals surface area contributed by atoms with E-state index in [4.69, 9.17) is 4.74 Å². The second kappa shape index (κ2) is 8.57. The smallest absolute Gasteiger partial charge is 0.326 e. The molecule has 0 aliphatic carbocycles. The SMILES string of the molecule is COc1ccc2cc([C@H](C)C(=O)N[C@H](Cc3ccccc3)C(=O)O)ccc2c1. The Kier molecular flexibility index (Phi) is 5.94. The van der Waals surface area contributed by atoms with Crippen LogP contribution in [-0.2, 0) is 16.0 Å². The number of benzene rings is 3. The molecule has 144 valence electrons. The van der Waals surface area contributed by atoms with E-state index in [1.165, 1.54) is 0 Å². The third-order valence-electron chi connectivity index (χ3n) is 4.86. The van der Waals surface area contributed by atoms with E-state index in [1.807, 2.05) is 66.7 Å². The minimum atomic E-state index is -1.05. The molecule has 0 aromatic heterocycles. The van der Waals surface area contributed by atoms with Gasteiger partial charge in [-0.2, -0.15) is 0 Å². The fraction of sp³-hybridized carbons (Fsp3) is 0.217.